The van der Waals surface area contributed by atoms with Crippen molar-refractivity contribution in [2.75, 3.05) is 20.8 Å². The Balaban J connectivity index is 1.78. The summed E-state index contributed by atoms with van der Waals surface area (Å²) in [5.74, 6) is 1.66. The van der Waals surface area contributed by atoms with Crippen LogP contribution in [0.5, 0.6) is 11.5 Å². The van der Waals surface area contributed by atoms with Gasteiger partial charge in [-0.1, -0.05) is 13.0 Å². The number of nitrogens with zero attached hydrogens (tertiary/aromatic N) is 5. The van der Waals surface area contributed by atoms with Crippen LogP contribution in [0.1, 0.15) is 62.1 Å². The number of para-hydroxylation sites is 1. The maximum absolute atomic E-state index is 13.6. The molecule has 3 aromatic rings. The molecule has 0 aliphatic carbocycles. The smallest absolute Gasteiger partial charge is 0.160 e. The minimum atomic E-state index is -3.68. The van der Waals surface area contributed by atoms with Gasteiger partial charge in [0.05, 0.1) is 25.6 Å². The number of rotatable bonds is 9. The summed E-state index contributed by atoms with van der Waals surface area (Å²) in [6.07, 6.45) is 4.05. The van der Waals surface area contributed by atoms with Gasteiger partial charge in [-0.15, -0.1) is 10.2 Å². The topological polar surface area (TPSA) is 118 Å². The van der Waals surface area contributed by atoms with Crippen LogP contribution in [0.25, 0.3) is 5.69 Å². The number of aromatic nitrogens is 5. The van der Waals surface area contributed by atoms with E-state index in [2.05, 4.69) is 20.2 Å². The van der Waals surface area contributed by atoms with Crippen LogP contribution in [-0.2, 0) is 20.3 Å². The highest BCUT2D eigenvalue weighted by molar-refractivity contribution is 7.91. The first-order valence-electron chi connectivity index (χ1n) is 11.9. The Hall–Kier alpha value is -3.05. The van der Waals surface area contributed by atoms with E-state index in [4.69, 9.17) is 14.2 Å². The van der Waals surface area contributed by atoms with Crippen molar-refractivity contribution in [1.29, 1.82) is 0 Å². The fourth-order valence-corrected chi connectivity index (χ4v) is 6.05. The lowest BCUT2D eigenvalue weighted by molar-refractivity contribution is 0.117. The Morgan fingerprint density at radius 2 is 1.75 bits per heavy atom. The molecule has 0 spiro atoms. The Morgan fingerprint density at radius 3 is 2.31 bits per heavy atom. The van der Waals surface area contributed by atoms with Crippen LogP contribution in [0.3, 0.4) is 0 Å². The van der Waals surface area contributed by atoms with Crippen molar-refractivity contribution in [2.24, 2.45) is 0 Å². The average molecular weight is 516 g/mol. The predicted octanol–water partition coefficient (Wildman–Crippen LogP) is 3.38. The van der Waals surface area contributed by atoms with Crippen LogP contribution in [0.4, 0.5) is 0 Å². The third kappa shape index (κ3) is 4.94. The van der Waals surface area contributed by atoms with Gasteiger partial charge in [0.15, 0.2) is 15.7 Å². The van der Waals surface area contributed by atoms with Crippen LogP contribution in [0.2, 0.25) is 0 Å². The number of ether oxygens (including phenoxy) is 3. The van der Waals surface area contributed by atoms with Crippen LogP contribution >= 0.6 is 0 Å². The Morgan fingerprint density at radius 1 is 1.11 bits per heavy atom. The second-order valence-electron chi connectivity index (χ2n) is 9.21. The van der Waals surface area contributed by atoms with Crippen LogP contribution < -0.4 is 9.47 Å². The normalized spacial score (nSPS) is 19.7. The van der Waals surface area contributed by atoms with Gasteiger partial charge in [-0.3, -0.25) is 4.57 Å². The summed E-state index contributed by atoms with van der Waals surface area (Å²) in [5.41, 5.74) is 1.48. The van der Waals surface area contributed by atoms with E-state index in [1.807, 2.05) is 26.8 Å². The van der Waals surface area contributed by atoms with Crippen molar-refractivity contribution >= 4 is 9.84 Å². The maximum Gasteiger partial charge on any atom is 0.160 e. The molecular weight excluding hydrogens is 482 g/mol. The lowest BCUT2D eigenvalue weighted by atomic mass is 10.0. The summed E-state index contributed by atoms with van der Waals surface area (Å²) in [6, 6.07) is 5.41. The zero-order valence-corrected chi connectivity index (χ0v) is 22.3. The van der Waals surface area contributed by atoms with E-state index in [1.165, 1.54) is 0 Å². The van der Waals surface area contributed by atoms with Gasteiger partial charge >= 0.3 is 0 Å². The second-order valence-corrected chi connectivity index (χ2v) is 11.6. The maximum atomic E-state index is 13.6. The summed E-state index contributed by atoms with van der Waals surface area (Å²) in [6.45, 7) is 7.98. The highest BCUT2D eigenvalue weighted by Crippen LogP contribution is 2.39. The summed E-state index contributed by atoms with van der Waals surface area (Å²) in [7, 11) is -0.559. The monoisotopic (exact) mass is 515 g/mol. The lowest BCUT2D eigenvalue weighted by Crippen LogP contribution is -2.28. The molecule has 10 nitrogen and oxygen atoms in total. The molecule has 0 unspecified atom stereocenters. The van der Waals surface area contributed by atoms with Crippen molar-refractivity contribution in [1.82, 2.24) is 24.7 Å². The summed E-state index contributed by atoms with van der Waals surface area (Å²) in [5, 5.41) is 8.09. The van der Waals surface area contributed by atoms with Gasteiger partial charge in [0.2, 0.25) is 0 Å². The van der Waals surface area contributed by atoms with E-state index >= 15 is 0 Å². The van der Waals surface area contributed by atoms with Crippen LogP contribution in [0, 0.1) is 6.92 Å². The van der Waals surface area contributed by atoms with E-state index in [1.54, 1.807) is 50.2 Å². The van der Waals surface area contributed by atoms with Crippen molar-refractivity contribution in [3.63, 3.8) is 0 Å². The molecule has 1 fully saturated rings. The molecule has 0 N–H and O–H groups in total. The van der Waals surface area contributed by atoms with Gasteiger partial charge in [-0.25, -0.2) is 18.4 Å². The molecule has 4 atom stereocenters. The predicted molar refractivity (Wildman–Crippen MR) is 135 cm³/mol. The SMILES string of the molecule is COc1cccc(OC)c1-n1c(CS(=O)(=O)[C@@H](C)[C@H](C)c2ncc(C)cn2)nnc1[C@H]1CCO[C@@H]1C. The highest BCUT2D eigenvalue weighted by atomic mass is 32.2. The lowest BCUT2D eigenvalue weighted by Gasteiger charge is -2.22. The molecule has 11 heteroatoms. The number of benzene rings is 1. The van der Waals surface area contributed by atoms with Gasteiger partial charge in [-0.05, 0) is 44.9 Å². The van der Waals surface area contributed by atoms with Gasteiger partial charge < -0.3 is 14.2 Å². The van der Waals surface area contributed by atoms with Gasteiger partial charge in [0.25, 0.3) is 0 Å². The van der Waals surface area contributed by atoms with Crippen molar-refractivity contribution in [3.8, 4) is 17.2 Å². The fraction of sp³-hybridized carbons (Fsp3) is 0.520. The molecule has 2 aromatic heterocycles. The molecular formula is C25H33N5O5S. The zero-order chi connectivity index (χ0) is 26.0. The largest absolute Gasteiger partial charge is 0.494 e. The molecule has 36 heavy (non-hydrogen) atoms. The first-order valence-corrected chi connectivity index (χ1v) is 13.7. The Labute approximate surface area is 212 Å². The number of methoxy groups -OCH3 is 2. The van der Waals surface area contributed by atoms with Gasteiger partial charge in [-0.2, -0.15) is 0 Å². The van der Waals surface area contributed by atoms with Crippen molar-refractivity contribution in [3.05, 3.63) is 53.6 Å². The molecule has 1 saturated heterocycles. The van der Waals surface area contributed by atoms with E-state index in [0.29, 0.717) is 35.4 Å². The fourth-order valence-electron chi connectivity index (χ4n) is 4.50. The average Bonchev–Trinajstić information content (AvgIpc) is 3.47. The number of hydrogen-bond acceptors (Lipinski definition) is 9. The number of hydrogen-bond donors (Lipinski definition) is 0. The molecule has 194 valence electrons. The summed E-state index contributed by atoms with van der Waals surface area (Å²) >= 11 is 0. The molecule has 3 heterocycles. The Kier molecular flexibility index (Phi) is 7.60. The van der Waals surface area contributed by atoms with Crippen LogP contribution in [-0.4, -0.2) is 65.3 Å². The van der Waals surface area contributed by atoms with Gasteiger partial charge in [0.1, 0.15) is 34.6 Å². The minimum absolute atomic E-state index is 0.0547. The minimum Gasteiger partial charge on any atom is -0.494 e. The van der Waals surface area contributed by atoms with E-state index in [-0.39, 0.29) is 23.6 Å². The number of sulfone groups is 1. The third-order valence-corrected chi connectivity index (χ3v) is 9.10. The molecule has 0 radical (unpaired) electrons. The molecule has 0 saturated carbocycles. The third-order valence-electron chi connectivity index (χ3n) is 6.90. The zero-order valence-electron chi connectivity index (χ0n) is 21.5. The first-order chi connectivity index (χ1) is 17.2. The molecule has 0 amide bonds. The van der Waals surface area contributed by atoms with E-state index in [0.717, 1.165) is 12.0 Å². The molecule has 4 rings (SSSR count). The summed E-state index contributed by atoms with van der Waals surface area (Å²) < 4.78 is 46.1. The van der Waals surface area contributed by atoms with Crippen molar-refractivity contribution < 1.29 is 22.6 Å². The number of aryl methyl sites for hydroxylation is 1. The standard InChI is InChI=1S/C25H33N5O5S/c1-15-12-26-24(27-13-15)16(2)18(4)36(31,32)14-22-28-29-25(19-10-11-35-17(19)3)30(22)23-20(33-5)8-7-9-21(23)34-6/h7-9,12-13,16-19H,10-11,14H2,1-6H3/t16-,17+,18-,19-/m0/s1. The van der Waals surface area contributed by atoms with Crippen LogP contribution in [0.15, 0.2) is 30.6 Å². The summed E-state index contributed by atoms with van der Waals surface area (Å²) in [4.78, 5) is 8.68. The van der Waals surface area contributed by atoms with E-state index in [9.17, 15) is 8.42 Å². The highest BCUT2D eigenvalue weighted by Gasteiger charge is 2.36. The Bertz CT molecular complexity index is 1290. The van der Waals surface area contributed by atoms with Crippen molar-refractivity contribution in [2.45, 2.75) is 63.1 Å². The second kappa shape index (κ2) is 10.5. The van der Waals surface area contributed by atoms with Gasteiger partial charge in [0, 0.05) is 30.8 Å². The molecule has 1 aliphatic heterocycles. The molecule has 1 aliphatic rings. The van der Waals surface area contributed by atoms with E-state index < -0.39 is 21.0 Å². The molecule has 1 aromatic carbocycles. The first kappa shape index (κ1) is 26.0. The molecule has 0 bridgehead atoms. The quantitative estimate of drug-likeness (QED) is 0.422.